The summed E-state index contributed by atoms with van der Waals surface area (Å²) >= 11 is -3.98. The van der Waals surface area contributed by atoms with Crippen molar-refractivity contribution < 1.29 is 37.3 Å². The summed E-state index contributed by atoms with van der Waals surface area (Å²) in [5.74, 6) is -0.980. The fourth-order valence-electron chi connectivity index (χ4n) is 2.75. The van der Waals surface area contributed by atoms with E-state index in [9.17, 15) is 31.1 Å². The van der Waals surface area contributed by atoms with Gasteiger partial charge in [-0.15, -0.1) is 0 Å². The van der Waals surface area contributed by atoms with E-state index in [1.807, 2.05) is 0 Å². The van der Waals surface area contributed by atoms with Crippen LogP contribution in [0.4, 0.5) is 26.3 Å². The summed E-state index contributed by atoms with van der Waals surface area (Å²) in [4.78, 5) is 11.2. The predicted molar refractivity (Wildman–Crippen MR) is 84.7 cm³/mol. The molecule has 0 saturated heterocycles. The average Bonchev–Trinajstić information content (AvgIpc) is 2.77. The first-order valence-electron chi connectivity index (χ1n) is 6.99. The molecule has 0 aliphatic carbocycles. The molecule has 1 aliphatic heterocycles. The molecule has 3 nitrogen and oxygen atoms in total. The van der Waals surface area contributed by atoms with Gasteiger partial charge in [-0.25, -0.2) is 0 Å². The van der Waals surface area contributed by atoms with Crippen molar-refractivity contribution in [3.8, 4) is 0 Å². The van der Waals surface area contributed by atoms with Gasteiger partial charge < -0.3 is 0 Å². The SMILES string of the molecule is CC(=O)OI1OC(C(F)(F)F)(C(F)(F)F)c2c(C)c(C)c(C)c(C)c21. The molecule has 142 valence electrons. The normalized spacial score (nSPS) is 18.3. The third-order valence-electron chi connectivity index (χ3n) is 4.28. The summed E-state index contributed by atoms with van der Waals surface area (Å²) in [5.41, 5.74) is -4.50. The third-order valence-corrected chi connectivity index (χ3v) is 8.59. The van der Waals surface area contributed by atoms with Gasteiger partial charge in [0.15, 0.2) is 0 Å². The van der Waals surface area contributed by atoms with Crippen LogP contribution in [0.5, 0.6) is 0 Å². The van der Waals surface area contributed by atoms with Crippen LogP contribution in [0.15, 0.2) is 0 Å². The molecule has 0 aromatic heterocycles. The molecule has 0 amide bonds. The van der Waals surface area contributed by atoms with E-state index in [-0.39, 0.29) is 14.7 Å². The number of halogens is 7. The average molecular weight is 484 g/mol. The maximum atomic E-state index is 13.7. The zero-order valence-corrected chi connectivity index (χ0v) is 16.0. The fraction of sp³-hybridized carbons (Fsp3) is 0.533. The Morgan fingerprint density at radius 1 is 0.920 bits per heavy atom. The third kappa shape index (κ3) is 2.81. The number of hydrogen-bond acceptors (Lipinski definition) is 3. The van der Waals surface area contributed by atoms with Gasteiger partial charge in [0.1, 0.15) is 0 Å². The standard InChI is InChI=1S/C15H15F6IO3/c1-6-7(2)9(4)12-11(8(6)3)13(14(16,17)18,15(19,20)21)25-22(12)24-10(5)23/h1-5H3. The Morgan fingerprint density at radius 2 is 1.36 bits per heavy atom. The van der Waals surface area contributed by atoms with Crippen LogP contribution in [0.3, 0.4) is 0 Å². The molecule has 1 aromatic carbocycles. The molecule has 10 heteroatoms. The summed E-state index contributed by atoms with van der Waals surface area (Å²) in [6.07, 6.45) is -11.5. The van der Waals surface area contributed by atoms with Gasteiger partial charge >= 0.3 is 148 Å². The molecule has 0 saturated carbocycles. The van der Waals surface area contributed by atoms with Crippen LogP contribution in [0.25, 0.3) is 0 Å². The molecule has 0 bridgehead atoms. The zero-order valence-electron chi connectivity index (χ0n) is 13.9. The molecule has 1 aromatic rings. The minimum absolute atomic E-state index is 0.153. The first kappa shape index (κ1) is 20.3. The van der Waals surface area contributed by atoms with Crippen molar-refractivity contribution >= 4 is 26.6 Å². The van der Waals surface area contributed by atoms with Crippen LogP contribution < -0.4 is 0 Å². The Labute approximate surface area is 148 Å². The number of rotatable bonds is 1. The van der Waals surface area contributed by atoms with E-state index >= 15 is 0 Å². The molecule has 0 unspecified atom stereocenters. The second-order valence-electron chi connectivity index (χ2n) is 5.73. The maximum absolute atomic E-state index is 13.7. The van der Waals surface area contributed by atoms with Gasteiger partial charge in [0.05, 0.1) is 0 Å². The number of alkyl halides is 6. The molecule has 0 spiro atoms. The van der Waals surface area contributed by atoms with E-state index in [1.165, 1.54) is 20.8 Å². The van der Waals surface area contributed by atoms with E-state index in [2.05, 4.69) is 3.07 Å². The minimum atomic E-state index is -5.76. The van der Waals surface area contributed by atoms with Crippen LogP contribution in [-0.2, 0) is 16.5 Å². The monoisotopic (exact) mass is 484 g/mol. The van der Waals surface area contributed by atoms with Crippen LogP contribution in [-0.4, -0.2) is 18.3 Å². The van der Waals surface area contributed by atoms with Crippen molar-refractivity contribution in [3.05, 3.63) is 31.4 Å². The van der Waals surface area contributed by atoms with Gasteiger partial charge in [0.2, 0.25) is 0 Å². The Balaban J connectivity index is 2.98. The molecule has 0 fully saturated rings. The zero-order chi connectivity index (χ0) is 19.5. The predicted octanol–water partition coefficient (Wildman–Crippen LogP) is 5.34. The Morgan fingerprint density at radius 3 is 1.76 bits per heavy atom. The molecule has 25 heavy (non-hydrogen) atoms. The molecule has 0 atom stereocenters. The van der Waals surface area contributed by atoms with E-state index < -0.39 is 50.1 Å². The van der Waals surface area contributed by atoms with Crippen LogP contribution in [0, 0.1) is 31.3 Å². The molecule has 2 rings (SSSR count). The first-order chi connectivity index (χ1) is 11.2. The van der Waals surface area contributed by atoms with Gasteiger partial charge in [-0.1, -0.05) is 0 Å². The van der Waals surface area contributed by atoms with Crippen molar-refractivity contribution in [2.75, 3.05) is 0 Å². The second kappa shape index (κ2) is 6.00. The number of carbonyl (C=O) groups is 1. The molecule has 1 heterocycles. The Hall–Kier alpha value is -1.04. The molecule has 1 aliphatic rings. The van der Waals surface area contributed by atoms with Crippen LogP contribution in [0.1, 0.15) is 34.7 Å². The summed E-state index contributed by atoms with van der Waals surface area (Å²) in [7, 11) is 0. The Kier molecular flexibility index (Phi) is 4.87. The van der Waals surface area contributed by atoms with Crippen molar-refractivity contribution in [1.82, 2.24) is 0 Å². The van der Waals surface area contributed by atoms with Gasteiger partial charge in [-0.05, 0) is 0 Å². The van der Waals surface area contributed by atoms with Crippen molar-refractivity contribution in [2.45, 2.75) is 52.6 Å². The summed E-state index contributed by atoms with van der Waals surface area (Å²) in [6.45, 7) is 6.59. The van der Waals surface area contributed by atoms with Gasteiger partial charge in [0.25, 0.3) is 0 Å². The van der Waals surface area contributed by atoms with E-state index in [0.29, 0.717) is 11.1 Å². The quantitative estimate of drug-likeness (QED) is 0.399. The Bertz CT molecular complexity index is 724. The summed E-state index contributed by atoms with van der Waals surface area (Å²) in [6, 6.07) is 0. The molecule has 0 N–H and O–H groups in total. The van der Waals surface area contributed by atoms with E-state index in [1.54, 1.807) is 6.92 Å². The van der Waals surface area contributed by atoms with E-state index in [0.717, 1.165) is 6.92 Å². The number of carbonyl (C=O) groups excluding carboxylic acids is 1. The summed E-state index contributed by atoms with van der Waals surface area (Å²) < 4.78 is 91.3. The van der Waals surface area contributed by atoms with Crippen molar-refractivity contribution in [3.63, 3.8) is 0 Å². The van der Waals surface area contributed by atoms with Gasteiger partial charge in [-0.2, -0.15) is 0 Å². The number of fused-ring (bicyclic) bond motifs is 1. The second-order valence-corrected chi connectivity index (χ2v) is 8.93. The molecule has 0 radical (unpaired) electrons. The number of hydrogen-bond donors (Lipinski definition) is 0. The van der Waals surface area contributed by atoms with Crippen LogP contribution >= 0.6 is 20.6 Å². The van der Waals surface area contributed by atoms with Crippen molar-refractivity contribution in [2.24, 2.45) is 0 Å². The molecular weight excluding hydrogens is 469 g/mol. The molecular formula is C15H15F6IO3. The summed E-state index contributed by atoms with van der Waals surface area (Å²) in [5, 5.41) is 0. The van der Waals surface area contributed by atoms with Gasteiger partial charge in [0, 0.05) is 0 Å². The number of benzene rings is 1. The first-order valence-corrected chi connectivity index (χ1v) is 9.83. The van der Waals surface area contributed by atoms with Crippen LogP contribution in [0.2, 0.25) is 0 Å². The van der Waals surface area contributed by atoms with Gasteiger partial charge in [-0.3, -0.25) is 0 Å². The fourth-order valence-corrected chi connectivity index (χ4v) is 7.45. The van der Waals surface area contributed by atoms with E-state index in [4.69, 9.17) is 3.07 Å². The van der Waals surface area contributed by atoms with Crippen molar-refractivity contribution in [1.29, 1.82) is 0 Å². The topological polar surface area (TPSA) is 35.5 Å².